The first kappa shape index (κ1) is 22.0. The minimum atomic E-state index is -0.0809. The van der Waals surface area contributed by atoms with E-state index >= 15 is 0 Å². The molecule has 0 N–H and O–H groups in total. The van der Waals surface area contributed by atoms with Crippen LogP contribution in [0.1, 0.15) is 24.0 Å². The van der Waals surface area contributed by atoms with Crippen molar-refractivity contribution in [2.24, 2.45) is 7.05 Å². The maximum Gasteiger partial charge on any atom is 0.262 e. The van der Waals surface area contributed by atoms with Gasteiger partial charge in [-0.3, -0.25) is 14.0 Å². The minimum Gasteiger partial charge on any atom is -0.355 e. The van der Waals surface area contributed by atoms with Crippen LogP contribution in [0.15, 0.2) is 71.8 Å². The first-order chi connectivity index (χ1) is 17.5. The molecule has 0 aliphatic carbocycles. The molecule has 2 aromatic carbocycles. The van der Waals surface area contributed by atoms with Crippen LogP contribution < -0.4 is 10.5 Å². The molecule has 4 aromatic heterocycles. The molecule has 0 atom stereocenters. The van der Waals surface area contributed by atoms with Gasteiger partial charge in [0.2, 0.25) is 0 Å². The van der Waals surface area contributed by atoms with Crippen LogP contribution in [0.5, 0.6) is 0 Å². The highest BCUT2D eigenvalue weighted by molar-refractivity contribution is 5.89. The second kappa shape index (κ2) is 8.60. The Hall–Kier alpha value is -4.53. The SMILES string of the molecule is CCc1cc2n(Cc3nc(N(C)Cc4cnn(C)c4)c4ccccc4n3)c(=O)c3ccccc3n2n1. The van der Waals surface area contributed by atoms with Crippen LogP contribution in [-0.4, -0.2) is 41.0 Å². The van der Waals surface area contributed by atoms with E-state index in [-0.39, 0.29) is 12.1 Å². The number of anilines is 1. The molecule has 0 spiro atoms. The van der Waals surface area contributed by atoms with E-state index in [2.05, 4.69) is 16.9 Å². The van der Waals surface area contributed by atoms with Crippen LogP contribution in [0, 0.1) is 0 Å². The number of hydrogen-bond donors (Lipinski definition) is 0. The summed E-state index contributed by atoms with van der Waals surface area (Å²) in [5.41, 5.74) is 4.30. The number of rotatable bonds is 6. The van der Waals surface area contributed by atoms with Crippen molar-refractivity contribution in [2.45, 2.75) is 26.4 Å². The summed E-state index contributed by atoms with van der Waals surface area (Å²) in [4.78, 5) is 25.5. The lowest BCUT2D eigenvalue weighted by atomic mass is 10.2. The molecule has 6 aromatic rings. The third-order valence-corrected chi connectivity index (χ3v) is 6.46. The Morgan fingerprint density at radius 1 is 1.00 bits per heavy atom. The topological polar surface area (TPSA) is 86.1 Å². The van der Waals surface area contributed by atoms with Crippen LogP contribution in [-0.2, 0) is 26.6 Å². The van der Waals surface area contributed by atoms with E-state index in [1.807, 2.05) is 85.6 Å². The average Bonchev–Trinajstić information content (AvgIpc) is 3.52. The molecular formula is C27H26N8O. The van der Waals surface area contributed by atoms with Crippen LogP contribution in [0.25, 0.3) is 27.5 Å². The Labute approximate surface area is 207 Å². The monoisotopic (exact) mass is 478 g/mol. The molecule has 0 saturated heterocycles. The Morgan fingerprint density at radius 2 is 1.78 bits per heavy atom. The predicted octanol–water partition coefficient (Wildman–Crippen LogP) is 3.57. The van der Waals surface area contributed by atoms with Gasteiger partial charge in [0.15, 0.2) is 5.82 Å². The fourth-order valence-corrected chi connectivity index (χ4v) is 4.71. The molecule has 9 nitrogen and oxygen atoms in total. The van der Waals surface area contributed by atoms with Gasteiger partial charge in [0.1, 0.15) is 11.5 Å². The molecule has 0 unspecified atom stereocenters. The number of fused-ring (bicyclic) bond motifs is 4. The van der Waals surface area contributed by atoms with Gasteiger partial charge in [-0.2, -0.15) is 10.2 Å². The Bertz CT molecular complexity index is 1800. The molecule has 6 rings (SSSR count). The third kappa shape index (κ3) is 3.69. The van der Waals surface area contributed by atoms with Crippen molar-refractivity contribution in [2.75, 3.05) is 11.9 Å². The molecule has 0 amide bonds. The van der Waals surface area contributed by atoms with Crippen LogP contribution in [0.4, 0.5) is 5.82 Å². The molecule has 180 valence electrons. The summed E-state index contributed by atoms with van der Waals surface area (Å²) in [5.74, 6) is 1.38. The van der Waals surface area contributed by atoms with E-state index in [9.17, 15) is 4.79 Å². The lowest BCUT2D eigenvalue weighted by Gasteiger charge is -2.20. The van der Waals surface area contributed by atoms with E-state index in [1.54, 1.807) is 9.25 Å². The van der Waals surface area contributed by atoms with Crippen molar-refractivity contribution in [3.8, 4) is 0 Å². The lowest BCUT2D eigenvalue weighted by Crippen LogP contribution is -2.25. The quantitative estimate of drug-likeness (QED) is 0.364. The van der Waals surface area contributed by atoms with Crippen LogP contribution >= 0.6 is 0 Å². The highest BCUT2D eigenvalue weighted by Gasteiger charge is 2.17. The largest absolute Gasteiger partial charge is 0.355 e. The minimum absolute atomic E-state index is 0.0809. The normalized spacial score (nSPS) is 11.6. The fourth-order valence-electron chi connectivity index (χ4n) is 4.71. The maximum absolute atomic E-state index is 13.6. The zero-order valence-corrected chi connectivity index (χ0v) is 20.5. The molecule has 0 fully saturated rings. The Morgan fingerprint density at radius 3 is 2.56 bits per heavy atom. The molecule has 0 radical (unpaired) electrons. The van der Waals surface area contributed by atoms with Crippen molar-refractivity contribution in [1.29, 1.82) is 0 Å². The van der Waals surface area contributed by atoms with Crippen molar-refractivity contribution in [1.82, 2.24) is 33.9 Å². The molecule has 0 saturated carbocycles. The van der Waals surface area contributed by atoms with Gasteiger partial charge >= 0.3 is 0 Å². The first-order valence-corrected chi connectivity index (χ1v) is 12.0. The summed E-state index contributed by atoms with van der Waals surface area (Å²) in [6.45, 7) is 2.95. The standard InChI is InChI=1S/C27H26N8O/c1-4-19-13-25-34(27(36)21-10-6-8-12-23(21)35(25)31-19)17-24-29-22-11-7-5-9-20(22)26(30-24)32(2)15-18-14-28-33(3)16-18/h5-14,16H,4,15,17H2,1-3H3. The molecule has 4 heterocycles. The first-order valence-electron chi connectivity index (χ1n) is 12.0. The van der Waals surface area contributed by atoms with E-state index in [1.165, 1.54) is 0 Å². The highest BCUT2D eigenvalue weighted by atomic mass is 16.1. The van der Waals surface area contributed by atoms with Gasteiger partial charge in [-0.05, 0) is 30.7 Å². The van der Waals surface area contributed by atoms with Gasteiger partial charge in [0, 0.05) is 43.9 Å². The second-order valence-corrected chi connectivity index (χ2v) is 9.03. The molecule has 9 heteroatoms. The summed E-state index contributed by atoms with van der Waals surface area (Å²) in [5, 5.41) is 10.6. The number of benzene rings is 2. The molecular weight excluding hydrogens is 452 g/mol. The predicted molar refractivity (Wildman–Crippen MR) is 140 cm³/mol. The summed E-state index contributed by atoms with van der Waals surface area (Å²) in [7, 11) is 3.92. The van der Waals surface area contributed by atoms with Gasteiger partial charge in [-0.25, -0.2) is 14.5 Å². The zero-order valence-electron chi connectivity index (χ0n) is 20.5. The maximum atomic E-state index is 13.6. The fraction of sp³-hybridized carbons (Fsp3) is 0.222. The number of para-hydroxylation sites is 2. The average molecular weight is 479 g/mol. The second-order valence-electron chi connectivity index (χ2n) is 9.03. The number of aryl methyl sites for hydroxylation is 2. The van der Waals surface area contributed by atoms with E-state index in [0.29, 0.717) is 17.8 Å². The van der Waals surface area contributed by atoms with Crippen molar-refractivity contribution >= 4 is 33.3 Å². The van der Waals surface area contributed by atoms with E-state index in [0.717, 1.165) is 45.6 Å². The summed E-state index contributed by atoms with van der Waals surface area (Å²) < 4.78 is 5.37. The summed E-state index contributed by atoms with van der Waals surface area (Å²) in [6.07, 6.45) is 4.63. The van der Waals surface area contributed by atoms with E-state index < -0.39 is 0 Å². The molecule has 0 bridgehead atoms. The van der Waals surface area contributed by atoms with Gasteiger partial charge in [0.05, 0.1) is 34.9 Å². The van der Waals surface area contributed by atoms with Gasteiger partial charge in [0.25, 0.3) is 5.56 Å². The smallest absolute Gasteiger partial charge is 0.262 e. The van der Waals surface area contributed by atoms with Gasteiger partial charge in [-0.15, -0.1) is 0 Å². The Kier molecular flexibility index (Phi) is 5.25. The van der Waals surface area contributed by atoms with Gasteiger partial charge < -0.3 is 4.90 Å². The molecule has 0 aliphatic rings. The number of nitrogens with zero attached hydrogens (tertiary/aromatic N) is 8. The third-order valence-electron chi connectivity index (χ3n) is 6.46. The number of aromatic nitrogens is 7. The van der Waals surface area contributed by atoms with Crippen LogP contribution in [0.2, 0.25) is 0 Å². The number of hydrogen-bond acceptors (Lipinski definition) is 6. The molecule has 36 heavy (non-hydrogen) atoms. The summed E-state index contributed by atoms with van der Waals surface area (Å²) >= 11 is 0. The van der Waals surface area contributed by atoms with Crippen molar-refractivity contribution in [3.63, 3.8) is 0 Å². The Balaban J connectivity index is 1.50. The lowest BCUT2D eigenvalue weighted by molar-refractivity contribution is 0.724. The highest BCUT2D eigenvalue weighted by Crippen LogP contribution is 2.25. The van der Waals surface area contributed by atoms with Crippen molar-refractivity contribution < 1.29 is 0 Å². The van der Waals surface area contributed by atoms with E-state index in [4.69, 9.17) is 15.1 Å². The summed E-state index contributed by atoms with van der Waals surface area (Å²) in [6, 6.07) is 17.5. The zero-order chi connectivity index (χ0) is 24.8. The van der Waals surface area contributed by atoms with Crippen molar-refractivity contribution in [3.05, 3.63) is 94.4 Å². The molecule has 0 aliphatic heterocycles. The van der Waals surface area contributed by atoms with Gasteiger partial charge in [-0.1, -0.05) is 31.2 Å². The van der Waals surface area contributed by atoms with Crippen LogP contribution in [0.3, 0.4) is 0 Å².